The minimum atomic E-state index is 1.01. The molecule has 0 aromatic carbocycles. The number of hydrogen-bond acceptors (Lipinski definition) is 1. The molecule has 1 nitrogen and oxygen atoms in total. The van der Waals surface area contributed by atoms with E-state index in [-0.39, 0.29) is 0 Å². The van der Waals surface area contributed by atoms with Crippen LogP contribution in [0.1, 0.15) is 26.0 Å². The molecule has 1 aromatic rings. The van der Waals surface area contributed by atoms with Gasteiger partial charge in [0, 0.05) is 5.92 Å². The van der Waals surface area contributed by atoms with Crippen molar-refractivity contribution in [1.29, 1.82) is 0 Å². The summed E-state index contributed by atoms with van der Waals surface area (Å²) in [6.07, 6.45) is 2.77. The highest BCUT2D eigenvalue weighted by Crippen LogP contribution is 2.16. The van der Waals surface area contributed by atoms with Gasteiger partial charge in [0.1, 0.15) is 5.76 Å². The van der Waals surface area contributed by atoms with Crippen molar-refractivity contribution in [3.05, 3.63) is 30.1 Å². The van der Waals surface area contributed by atoms with Crippen molar-refractivity contribution < 1.29 is 4.42 Å². The summed E-state index contributed by atoms with van der Waals surface area (Å²) in [6.45, 7) is 4.21. The largest absolute Gasteiger partial charge is 0.469 e. The summed E-state index contributed by atoms with van der Waals surface area (Å²) in [6, 6.07) is 3.90. The summed E-state index contributed by atoms with van der Waals surface area (Å²) in [5, 5.41) is 0. The Morgan fingerprint density at radius 2 is 2.44 bits per heavy atom. The lowest BCUT2D eigenvalue weighted by atomic mass is 10.1. The fourth-order valence-corrected chi connectivity index (χ4v) is 0.696. The molecule has 0 fully saturated rings. The van der Waals surface area contributed by atoms with Gasteiger partial charge in [-0.15, -0.1) is 0 Å². The Morgan fingerprint density at radius 1 is 1.67 bits per heavy atom. The molecule has 0 aliphatic heterocycles. The summed E-state index contributed by atoms with van der Waals surface area (Å²) in [7, 11) is 0. The predicted octanol–water partition coefficient (Wildman–Crippen LogP) is 2.63. The van der Waals surface area contributed by atoms with Gasteiger partial charge in [-0.25, -0.2) is 0 Å². The van der Waals surface area contributed by atoms with Gasteiger partial charge in [0.25, 0.3) is 0 Å². The van der Waals surface area contributed by atoms with Gasteiger partial charge in [-0.3, -0.25) is 0 Å². The number of hydrogen-bond donors (Lipinski definition) is 0. The van der Waals surface area contributed by atoms with Gasteiger partial charge < -0.3 is 4.42 Å². The molecule has 0 amide bonds. The van der Waals surface area contributed by atoms with Crippen molar-refractivity contribution in [3.63, 3.8) is 0 Å². The normalized spacial score (nSPS) is 10.6. The topological polar surface area (TPSA) is 13.1 Å². The van der Waals surface area contributed by atoms with Crippen LogP contribution < -0.4 is 0 Å². The van der Waals surface area contributed by atoms with Crippen LogP contribution >= 0.6 is 0 Å². The highest BCUT2D eigenvalue weighted by atomic mass is 16.3. The summed E-state index contributed by atoms with van der Waals surface area (Å²) in [4.78, 5) is 0. The molecular weight excluding hydrogens is 112 g/mol. The van der Waals surface area contributed by atoms with Crippen molar-refractivity contribution in [3.8, 4) is 0 Å². The van der Waals surface area contributed by atoms with Crippen LogP contribution in [-0.4, -0.2) is 0 Å². The van der Waals surface area contributed by atoms with Crippen LogP contribution in [0.3, 0.4) is 0 Å². The standard InChI is InChI=1S/C8H11O/c1-3-7(2)8-5-4-6-9-8/h4-6H,3H2,1-2H3. The van der Waals surface area contributed by atoms with Gasteiger partial charge >= 0.3 is 0 Å². The Morgan fingerprint density at radius 3 is 2.89 bits per heavy atom. The fourth-order valence-electron chi connectivity index (χ4n) is 0.696. The molecule has 0 N–H and O–H groups in total. The van der Waals surface area contributed by atoms with Crippen LogP contribution in [0.5, 0.6) is 0 Å². The smallest absolute Gasteiger partial charge is 0.110 e. The zero-order valence-electron chi connectivity index (χ0n) is 5.85. The number of furan rings is 1. The quantitative estimate of drug-likeness (QED) is 0.589. The Kier molecular flexibility index (Phi) is 1.93. The Labute approximate surface area is 55.7 Å². The molecule has 0 spiro atoms. The van der Waals surface area contributed by atoms with Crippen molar-refractivity contribution in [2.75, 3.05) is 0 Å². The van der Waals surface area contributed by atoms with Gasteiger partial charge in [-0.2, -0.15) is 0 Å². The monoisotopic (exact) mass is 123 g/mol. The summed E-state index contributed by atoms with van der Waals surface area (Å²) in [5.41, 5.74) is 0. The Hall–Kier alpha value is -0.720. The van der Waals surface area contributed by atoms with Crippen LogP contribution in [0.4, 0.5) is 0 Å². The maximum atomic E-state index is 5.15. The van der Waals surface area contributed by atoms with Crippen molar-refractivity contribution in [1.82, 2.24) is 0 Å². The van der Waals surface area contributed by atoms with E-state index < -0.39 is 0 Å². The lowest BCUT2D eigenvalue weighted by molar-refractivity contribution is 0.520. The molecule has 49 valence electrons. The highest BCUT2D eigenvalue weighted by Gasteiger charge is 2.03. The van der Waals surface area contributed by atoms with Crippen LogP contribution in [0.15, 0.2) is 22.8 Å². The first-order valence-electron chi connectivity index (χ1n) is 3.21. The third kappa shape index (κ3) is 1.35. The molecule has 0 aliphatic carbocycles. The summed E-state index contributed by atoms with van der Waals surface area (Å²) < 4.78 is 5.15. The molecule has 1 rings (SSSR count). The van der Waals surface area contributed by atoms with E-state index in [1.165, 1.54) is 5.92 Å². The van der Waals surface area contributed by atoms with Gasteiger partial charge in [0.2, 0.25) is 0 Å². The molecule has 0 bridgehead atoms. The lowest BCUT2D eigenvalue weighted by Crippen LogP contribution is -1.87. The molecule has 1 radical (unpaired) electrons. The van der Waals surface area contributed by atoms with Crippen LogP contribution in [0.25, 0.3) is 0 Å². The maximum absolute atomic E-state index is 5.15. The molecule has 0 unspecified atom stereocenters. The van der Waals surface area contributed by atoms with E-state index in [9.17, 15) is 0 Å². The van der Waals surface area contributed by atoms with E-state index in [2.05, 4.69) is 13.8 Å². The first-order chi connectivity index (χ1) is 4.34. The molecule has 0 saturated heterocycles. The lowest BCUT2D eigenvalue weighted by Gasteiger charge is -2.00. The molecule has 1 aromatic heterocycles. The highest BCUT2D eigenvalue weighted by molar-refractivity contribution is 5.16. The van der Waals surface area contributed by atoms with Crippen LogP contribution in [0.2, 0.25) is 0 Å². The number of rotatable bonds is 2. The second-order valence-corrected chi connectivity index (χ2v) is 2.11. The second-order valence-electron chi connectivity index (χ2n) is 2.11. The van der Waals surface area contributed by atoms with E-state index in [0.29, 0.717) is 0 Å². The second kappa shape index (κ2) is 2.72. The molecule has 0 atom stereocenters. The van der Waals surface area contributed by atoms with E-state index in [4.69, 9.17) is 4.42 Å². The Balaban J connectivity index is 2.65. The van der Waals surface area contributed by atoms with Gasteiger partial charge in [-0.05, 0) is 18.6 Å². The zero-order valence-corrected chi connectivity index (χ0v) is 5.85. The van der Waals surface area contributed by atoms with E-state index in [0.717, 1.165) is 12.2 Å². The average molecular weight is 123 g/mol. The van der Waals surface area contributed by atoms with E-state index in [1.54, 1.807) is 6.26 Å². The first-order valence-corrected chi connectivity index (χ1v) is 3.21. The minimum Gasteiger partial charge on any atom is -0.469 e. The minimum absolute atomic E-state index is 1.01. The summed E-state index contributed by atoms with van der Waals surface area (Å²) in [5.74, 6) is 2.32. The molecule has 0 saturated carbocycles. The van der Waals surface area contributed by atoms with Crippen LogP contribution in [-0.2, 0) is 0 Å². The Bertz CT molecular complexity index is 153. The third-order valence-electron chi connectivity index (χ3n) is 1.47. The molecule has 0 aliphatic rings. The van der Waals surface area contributed by atoms with Gasteiger partial charge in [0.05, 0.1) is 6.26 Å². The predicted molar refractivity (Wildman–Crippen MR) is 37.0 cm³/mol. The van der Waals surface area contributed by atoms with Gasteiger partial charge in [-0.1, -0.05) is 13.8 Å². The first kappa shape index (κ1) is 6.40. The van der Waals surface area contributed by atoms with Crippen molar-refractivity contribution in [2.24, 2.45) is 0 Å². The summed E-state index contributed by atoms with van der Waals surface area (Å²) >= 11 is 0. The maximum Gasteiger partial charge on any atom is 0.110 e. The van der Waals surface area contributed by atoms with Crippen LogP contribution in [0, 0.1) is 5.92 Å². The fraction of sp³-hybridized carbons (Fsp3) is 0.375. The van der Waals surface area contributed by atoms with E-state index >= 15 is 0 Å². The molecule has 1 heterocycles. The molecule has 1 heteroatoms. The molecule has 9 heavy (non-hydrogen) atoms. The average Bonchev–Trinajstić information content (AvgIpc) is 2.37. The SMILES string of the molecule is CC[C](C)c1ccco1. The van der Waals surface area contributed by atoms with Crippen molar-refractivity contribution >= 4 is 0 Å². The van der Waals surface area contributed by atoms with Gasteiger partial charge in [0.15, 0.2) is 0 Å². The van der Waals surface area contributed by atoms with Crippen molar-refractivity contribution in [2.45, 2.75) is 20.3 Å². The molecular formula is C8H11O. The van der Waals surface area contributed by atoms with E-state index in [1.807, 2.05) is 12.1 Å². The third-order valence-corrected chi connectivity index (χ3v) is 1.47. The zero-order chi connectivity index (χ0) is 6.69.